The second-order valence-electron chi connectivity index (χ2n) is 8.37. The second kappa shape index (κ2) is 8.41. The average molecular weight is 364 g/mol. The second-order valence-corrected chi connectivity index (χ2v) is 8.37. The van der Waals surface area contributed by atoms with Crippen LogP contribution in [0.25, 0.3) is 0 Å². The van der Waals surface area contributed by atoms with Crippen molar-refractivity contribution in [1.82, 2.24) is 0 Å². The SMILES string of the molecule is O=C(O)CCCC=CC[C@H]1[C@@H](CCOC2CCCCC2)[C@@H]2O[C@H]1[C@@H]1O[C@@H]12. The zero-order chi connectivity index (χ0) is 17.9. The molecule has 3 saturated heterocycles. The minimum Gasteiger partial charge on any atom is -0.481 e. The van der Waals surface area contributed by atoms with Crippen molar-refractivity contribution < 1.29 is 24.1 Å². The van der Waals surface area contributed by atoms with Gasteiger partial charge in [-0.2, -0.15) is 0 Å². The number of aliphatic carboxylic acids is 1. The Bertz CT molecular complexity index is 513. The van der Waals surface area contributed by atoms with E-state index in [1.54, 1.807) is 0 Å². The van der Waals surface area contributed by atoms with Gasteiger partial charge in [0.1, 0.15) is 12.2 Å². The number of hydrogen-bond acceptors (Lipinski definition) is 4. The van der Waals surface area contributed by atoms with Crippen LogP contribution in [0.5, 0.6) is 0 Å². The number of carbonyl (C=O) groups is 1. The summed E-state index contributed by atoms with van der Waals surface area (Å²) in [4.78, 5) is 10.6. The van der Waals surface area contributed by atoms with E-state index in [9.17, 15) is 4.79 Å². The predicted molar refractivity (Wildman–Crippen MR) is 97.0 cm³/mol. The summed E-state index contributed by atoms with van der Waals surface area (Å²) in [5.74, 6) is 0.347. The van der Waals surface area contributed by atoms with Gasteiger partial charge in [-0.25, -0.2) is 0 Å². The minimum absolute atomic E-state index is 0.250. The lowest BCUT2D eigenvalue weighted by Gasteiger charge is -2.27. The van der Waals surface area contributed by atoms with Crippen molar-refractivity contribution in [2.45, 2.75) is 94.7 Å². The zero-order valence-corrected chi connectivity index (χ0v) is 15.6. The fourth-order valence-electron chi connectivity index (χ4n) is 5.21. The number of ether oxygens (including phenoxy) is 3. The zero-order valence-electron chi connectivity index (χ0n) is 15.6. The van der Waals surface area contributed by atoms with Crippen molar-refractivity contribution in [3.8, 4) is 0 Å². The van der Waals surface area contributed by atoms with Gasteiger partial charge in [0.2, 0.25) is 0 Å². The smallest absolute Gasteiger partial charge is 0.303 e. The first-order chi connectivity index (χ1) is 12.7. The first-order valence-corrected chi connectivity index (χ1v) is 10.5. The summed E-state index contributed by atoms with van der Waals surface area (Å²) < 4.78 is 18.2. The van der Waals surface area contributed by atoms with E-state index in [2.05, 4.69) is 12.2 Å². The van der Waals surface area contributed by atoms with Crippen LogP contribution in [-0.4, -0.2) is 48.2 Å². The van der Waals surface area contributed by atoms with Crippen molar-refractivity contribution in [3.63, 3.8) is 0 Å². The number of allylic oxidation sites excluding steroid dienone is 2. The Morgan fingerprint density at radius 3 is 2.50 bits per heavy atom. The molecule has 0 aromatic heterocycles. The summed E-state index contributed by atoms with van der Waals surface area (Å²) in [6.45, 7) is 0.845. The van der Waals surface area contributed by atoms with E-state index in [1.165, 1.54) is 32.1 Å². The fourth-order valence-corrected chi connectivity index (χ4v) is 5.21. The maximum Gasteiger partial charge on any atom is 0.303 e. The molecule has 5 nitrogen and oxygen atoms in total. The molecule has 5 heteroatoms. The number of carboxylic acids is 1. The van der Waals surface area contributed by atoms with Gasteiger partial charge in [0, 0.05) is 13.0 Å². The highest BCUT2D eigenvalue weighted by atomic mass is 16.7. The van der Waals surface area contributed by atoms with Crippen molar-refractivity contribution in [1.29, 1.82) is 0 Å². The Morgan fingerprint density at radius 1 is 1.00 bits per heavy atom. The largest absolute Gasteiger partial charge is 0.481 e. The van der Waals surface area contributed by atoms with Gasteiger partial charge in [-0.15, -0.1) is 0 Å². The van der Waals surface area contributed by atoms with Crippen LogP contribution in [0.15, 0.2) is 12.2 Å². The maximum atomic E-state index is 10.6. The number of unbranched alkanes of at least 4 members (excludes halogenated alkanes) is 1. The Balaban J connectivity index is 1.23. The highest BCUT2D eigenvalue weighted by Gasteiger charge is 2.68. The lowest BCUT2D eigenvalue weighted by Crippen LogP contribution is -2.33. The summed E-state index contributed by atoms with van der Waals surface area (Å²) in [5, 5.41) is 8.69. The predicted octanol–water partition coefficient (Wildman–Crippen LogP) is 3.71. The van der Waals surface area contributed by atoms with Crippen LogP contribution in [0.3, 0.4) is 0 Å². The van der Waals surface area contributed by atoms with E-state index in [1.807, 2.05) is 0 Å². The molecule has 0 spiro atoms. The van der Waals surface area contributed by atoms with Crippen LogP contribution in [0.1, 0.15) is 64.2 Å². The summed E-state index contributed by atoms with van der Waals surface area (Å²) in [6, 6.07) is 0. The topological polar surface area (TPSA) is 68.3 Å². The van der Waals surface area contributed by atoms with E-state index in [4.69, 9.17) is 19.3 Å². The molecule has 1 N–H and O–H groups in total. The molecule has 4 fully saturated rings. The van der Waals surface area contributed by atoms with Gasteiger partial charge in [-0.3, -0.25) is 4.79 Å². The van der Waals surface area contributed by atoms with Gasteiger partial charge in [-0.1, -0.05) is 31.4 Å². The molecule has 4 aliphatic rings. The van der Waals surface area contributed by atoms with Gasteiger partial charge in [0.25, 0.3) is 0 Å². The molecule has 1 saturated carbocycles. The molecule has 3 heterocycles. The Morgan fingerprint density at radius 2 is 1.73 bits per heavy atom. The number of hydrogen-bond donors (Lipinski definition) is 1. The standard InChI is InChI=1S/C21H32O5/c22-17(23)11-7-2-1-6-10-15-16(19-21-20(26-21)18(15)25-19)12-13-24-14-8-4-3-5-9-14/h1,6,14-16,18-21H,2-5,7-13H2,(H,22,23)/t15-,16+,18+,19-,20-,21+/m0/s1. The monoisotopic (exact) mass is 364 g/mol. The van der Waals surface area contributed by atoms with Crippen LogP contribution in [0.2, 0.25) is 0 Å². The molecule has 6 atom stereocenters. The first kappa shape index (κ1) is 18.5. The third-order valence-corrected chi connectivity index (χ3v) is 6.61. The number of fused-ring (bicyclic) bond motifs is 5. The molecule has 1 aliphatic carbocycles. The van der Waals surface area contributed by atoms with E-state index in [-0.39, 0.29) is 18.6 Å². The fraction of sp³-hybridized carbons (Fsp3) is 0.857. The molecule has 0 amide bonds. The van der Waals surface area contributed by atoms with Crippen LogP contribution >= 0.6 is 0 Å². The van der Waals surface area contributed by atoms with Crippen LogP contribution in [0, 0.1) is 11.8 Å². The molecule has 0 aromatic rings. The number of epoxide rings is 1. The molecule has 2 bridgehead atoms. The number of rotatable bonds is 10. The molecule has 4 rings (SSSR count). The van der Waals surface area contributed by atoms with E-state index in [0.717, 1.165) is 25.9 Å². The summed E-state index contributed by atoms with van der Waals surface area (Å²) in [6.07, 6.45) is 16.4. The molecule has 26 heavy (non-hydrogen) atoms. The van der Waals surface area contributed by atoms with Crippen molar-refractivity contribution in [3.05, 3.63) is 12.2 Å². The quantitative estimate of drug-likeness (QED) is 0.364. The molecule has 0 aromatic carbocycles. The summed E-state index contributed by atoms with van der Waals surface area (Å²) >= 11 is 0. The highest BCUT2D eigenvalue weighted by molar-refractivity contribution is 5.66. The Kier molecular flexibility index (Phi) is 5.97. The van der Waals surface area contributed by atoms with Gasteiger partial charge < -0.3 is 19.3 Å². The molecule has 146 valence electrons. The third-order valence-electron chi connectivity index (χ3n) is 6.61. The lowest BCUT2D eigenvalue weighted by atomic mass is 9.76. The molecular formula is C21H32O5. The normalized spacial score (nSPS) is 38.8. The van der Waals surface area contributed by atoms with Crippen molar-refractivity contribution in [2.24, 2.45) is 11.8 Å². The maximum absolute atomic E-state index is 10.6. The first-order valence-electron chi connectivity index (χ1n) is 10.5. The van der Waals surface area contributed by atoms with Gasteiger partial charge in [0.05, 0.1) is 18.3 Å². The van der Waals surface area contributed by atoms with Crippen molar-refractivity contribution in [2.75, 3.05) is 6.61 Å². The van der Waals surface area contributed by atoms with Crippen LogP contribution in [0.4, 0.5) is 0 Å². The van der Waals surface area contributed by atoms with Gasteiger partial charge >= 0.3 is 5.97 Å². The third kappa shape index (κ3) is 4.15. The molecular weight excluding hydrogens is 332 g/mol. The summed E-state index contributed by atoms with van der Waals surface area (Å²) in [7, 11) is 0. The number of carboxylic acid groups (broad SMARTS) is 1. The Labute approximate surface area is 156 Å². The van der Waals surface area contributed by atoms with Gasteiger partial charge in [0.15, 0.2) is 0 Å². The van der Waals surface area contributed by atoms with Gasteiger partial charge in [-0.05, 0) is 50.4 Å². The summed E-state index contributed by atoms with van der Waals surface area (Å²) in [5.41, 5.74) is 0. The van der Waals surface area contributed by atoms with E-state index < -0.39 is 5.97 Å². The lowest BCUT2D eigenvalue weighted by molar-refractivity contribution is -0.137. The van der Waals surface area contributed by atoms with Crippen LogP contribution < -0.4 is 0 Å². The van der Waals surface area contributed by atoms with E-state index >= 15 is 0 Å². The van der Waals surface area contributed by atoms with E-state index in [0.29, 0.717) is 36.6 Å². The minimum atomic E-state index is -0.713. The van der Waals surface area contributed by atoms with Crippen LogP contribution in [-0.2, 0) is 19.0 Å². The molecule has 0 radical (unpaired) electrons. The molecule has 3 aliphatic heterocycles. The molecule has 0 unspecified atom stereocenters. The average Bonchev–Trinajstić information content (AvgIpc) is 3.27. The highest BCUT2D eigenvalue weighted by Crippen LogP contribution is 2.55. The van der Waals surface area contributed by atoms with Crippen molar-refractivity contribution >= 4 is 5.97 Å². The Hall–Kier alpha value is -0.910.